The minimum absolute atomic E-state index is 0.0283. The van der Waals surface area contributed by atoms with E-state index in [4.69, 9.17) is 47.8 Å². The van der Waals surface area contributed by atoms with Crippen molar-refractivity contribution in [1.29, 1.82) is 0 Å². The molecule has 1 aliphatic rings. The number of aromatic nitrogens is 4. The van der Waals surface area contributed by atoms with E-state index in [-0.39, 0.29) is 92.4 Å². The Balaban J connectivity index is 0.000000214. The van der Waals surface area contributed by atoms with Gasteiger partial charge in [-0.25, -0.2) is 40.5 Å². The standard InChI is InChI=1S/C19H14Cl2F3N3O2.C19H12Cl2F3N3O.CH3F/c20-12-4-2-6-14(16(12)24)25-8-7-11-17(19(28)29)26-27(18(11)21)9-10-3-1-5-13(22)15(10)23;20-12-4-2-6-14(16(12)24)26-8-7-11-17(19(26)28)25-27(18(11)21)9-10-3-1-5-13(22)15(10)23;1-2/h1-6,25H,7-9H2,(H,28,29);1-6H,7-9H2;1H3/i;;1D. The molecule has 4 aromatic carbocycles. The van der Waals surface area contributed by atoms with E-state index in [0.717, 1.165) is 16.8 Å². The molecule has 1 aliphatic heterocycles. The van der Waals surface area contributed by atoms with Crippen LogP contribution in [-0.2, 0) is 25.9 Å². The van der Waals surface area contributed by atoms with Crippen molar-refractivity contribution in [3.8, 4) is 0 Å². The summed E-state index contributed by atoms with van der Waals surface area (Å²) in [7, 11) is -1.00. The minimum atomic E-state index is -1.32. The van der Waals surface area contributed by atoms with Crippen LogP contribution in [0.3, 0.4) is 0 Å². The fourth-order valence-corrected chi connectivity index (χ4v) is 6.87. The normalized spacial score (nSPS) is 12.2. The van der Waals surface area contributed by atoms with Gasteiger partial charge in [0.25, 0.3) is 5.91 Å². The van der Waals surface area contributed by atoms with Gasteiger partial charge >= 0.3 is 5.97 Å². The van der Waals surface area contributed by atoms with Gasteiger partial charge in [0.2, 0.25) is 0 Å². The molecule has 7 rings (SSSR count). The highest BCUT2D eigenvalue weighted by Gasteiger charge is 2.33. The monoisotopic (exact) mass is 903 g/mol. The van der Waals surface area contributed by atoms with E-state index in [9.17, 15) is 45.4 Å². The van der Waals surface area contributed by atoms with Gasteiger partial charge in [0.1, 0.15) is 10.3 Å². The summed E-state index contributed by atoms with van der Waals surface area (Å²) in [6.45, 7) is -0.0760. The molecule has 9 nitrogen and oxygen atoms in total. The van der Waals surface area contributed by atoms with Crippen LogP contribution in [0.2, 0.25) is 20.4 Å². The lowest BCUT2D eigenvalue weighted by Gasteiger charge is -2.26. The molecule has 0 fully saturated rings. The second-order valence-electron chi connectivity index (χ2n) is 12.3. The van der Waals surface area contributed by atoms with E-state index in [0.29, 0.717) is 12.0 Å². The number of fused-ring (bicyclic) bond motifs is 1. The van der Waals surface area contributed by atoms with Crippen LogP contribution in [0.4, 0.5) is 42.1 Å². The Morgan fingerprint density at radius 1 is 0.780 bits per heavy atom. The Kier molecular flexibility index (Phi) is 14.4. The molecule has 59 heavy (non-hydrogen) atoms. The third kappa shape index (κ3) is 9.78. The second-order valence-corrected chi connectivity index (χ2v) is 13.9. The molecule has 310 valence electrons. The average molecular weight is 906 g/mol. The Morgan fingerprint density at radius 2 is 1.32 bits per heavy atom. The SMILES string of the molecule is O=C(O)c1nn(Cc2cccc(F)c2F)c(Cl)c1CCNc1cccc(Cl)c1F.O=C1c2nn(Cc3cccc(F)c3F)c(Cl)c2CCN1c1cccc(Cl)c1F.[2H]CF. The van der Waals surface area contributed by atoms with Crippen LogP contribution >= 0.6 is 46.4 Å². The van der Waals surface area contributed by atoms with Crippen LogP contribution in [0, 0.1) is 34.9 Å². The quantitative estimate of drug-likeness (QED) is 0.133. The molecule has 0 aliphatic carbocycles. The van der Waals surface area contributed by atoms with E-state index >= 15 is 0 Å². The molecule has 20 heteroatoms. The lowest BCUT2D eigenvalue weighted by atomic mass is 10.1. The number of halogens is 11. The number of alkyl halides is 1. The summed E-state index contributed by atoms with van der Waals surface area (Å²) in [5.74, 6) is -7.26. The van der Waals surface area contributed by atoms with Crippen LogP contribution in [0.15, 0.2) is 72.8 Å². The number of carboxylic acid groups (broad SMARTS) is 1. The van der Waals surface area contributed by atoms with Crippen molar-refractivity contribution in [2.24, 2.45) is 0 Å². The van der Waals surface area contributed by atoms with E-state index in [2.05, 4.69) is 15.5 Å². The van der Waals surface area contributed by atoms with Gasteiger partial charge in [0, 0.05) is 35.3 Å². The maximum Gasteiger partial charge on any atom is 0.356 e. The minimum Gasteiger partial charge on any atom is -0.476 e. The van der Waals surface area contributed by atoms with Crippen LogP contribution in [0.25, 0.3) is 0 Å². The summed E-state index contributed by atoms with van der Waals surface area (Å²) in [6.07, 6.45) is 0.426. The van der Waals surface area contributed by atoms with Crippen molar-refractivity contribution < 1.29 is 46.8 Å². The predicted molar refractivity (Wildman–Crippen MR) is 210 cm³/mol. The highest BCUT2D eigenvalue weighted by Crippen LogP contribution is 2.33. The molecule has 0 spiro atoms. The zero-order valence-electron chi connectivity index (χ0n) is 31.0. The summed E-state index contributed by atoms with van der Waals surface area (Å²) in [6, 6.07) is 16.3. The molecular formula is C39H29Cl4F7N6O3. The number of hydrogen-bond donors (Lipinski definition) is 2. The largest absolute Gasteiger partial charge is 0.476 e. The van der Waals surface area contributed by atoms with Gasteiger partial charge in [-0.1, -0.05) is 82.8 Å². The summed E-state index contributed by atoms with van der Waals surface area (Å²) in [5.41, 5.74) is 0.620. The molecule has 0 bridgehead atoms. The smallest absolute Gasteiger partial charge is 0.356 e. The molecular weight excluding hydrogens is 875 g/mol. The van der Waals surface area contributed by atoms with Crippen molar-refractivity contribution in [3.05, 3.63) is 162 Å². The zero-order chi connectivity index (χ0) is 43.8. The Hall–Kier alpha value is -5.29. The first-order valence-electron chi connectivity index (χ1n) is 17.7. The molecule has 0 saturated carbocycles. The lowest BCUT2D eigenvalue weighted by Crippen LogP contribution is -2.38. The van der Waals surface area contributed by atoms with Gasteiger partial charge < -0.3 is 15.3 Å². The van der Waals surface area contributed by atoms with Crippen molar-refractivity contribution in [3.63, 3.8) is 0 Å². The fraction of sp³-hybridized carbons (Fsp3) is 0.179. The fourth-order valence-electron chi connectivity index (χ4n) is 5.96. The van der Waals surface area contributed by atoms with Crippen LogP contribution in [-0.4, -0.2) is 56.8 Å². The molecule has 2 N–H and O–H groups in total. The van der Waals surface area contributed by atoms with Gasteiger partial charge in [0.15, 0.2) is 46.3 Å². The highest BCUT2D eigenvalue weighted by molar-refractivity contribution is 6.32. The molecule has 3 heterocycles. The summed E-state index contributed by atoms with van der Waals surface area (Å²) >= 11 is 24.1. The van der Waals surface area contributed by atoms with Gasteiger partial charge in [0.05, 0.1) is 43.0 Å². The number of carbonyl (C=O) groups excluding carboxylic acids is 1. The number of amides is 1. The van der Waals surface area contributed by atoms with E-state index in [1.54, 1.807) is 12.1 Å². The molecule has 0 unspecified atom stereocenters. The number of hydrogen-bond acceptors (Lipinski definition) is 5. The lowest BCUT2D eigenvalue weighted by molar-refractivity contribution is 0.0688. The second kappa shape index (κ2) is 19.6. The Morgan fingerprint density at radius 3 is 1.92 bits per heavy atom. The van der Waals surface area contributed by atoms with Crippen molar-refractivity contribution in [1.82, 2.24) is 19.6 Å². The Bertz CT molecular complexity index is 2540. The number of rotatable bonds is 10. The number of anilines is 2. The number of nitrogens with one attached hydrogen (secondary N) is 1. The van der Waals surface area contributed by atoms with Crippen molar-refractivity contribution in [2.45, 2.75) is 25.9 Å². The maximum atomic E-state index is 14.3. The molecule has 0 radical (unpaired) electrons. The summed E-state index contributed by atoms with van der Waals surface area (Å²) in [4.78, 5) is 25.6. The number of benzene rings is 4. The predicted octanol–water partition coefficient (Wildman–Crippen LogP) is 10.5. The summed E-state index contributed by atoms with van der Waals surface area (Å²) in [5, 5.41) is 20.3. The average Bonchev–Trinajstić information content (AvgIpc) is 3.70. The third-order valence-corrected chi connectivity index (χ3v) is 10.2. The number of carboxylic acids is 1. The number of aromatic carboxylic acids is 1. The first-order chi connectivity index (χ1) is 28.6. The maximum absolute atomic E-state index is 14.3. The van der Waals surface area contributed by atoms with E-state index in [1.807, 2.05) is 0 Å². The van der Waals surface area contributed by atoms with E-state index in [1.165, 1.54) is 58.1 Å². The third-order valence-electron chi connectivity index (χ3n) is 8.77. The van der Waals surface area contributed by atoms with E-state index < -0.39 is 53.9 Å². The first-order valence-corrected chi connectivity index (χ1v) is 18.5. The molecule has 6 aromatic rings. The number of nitrogens with zero attached hydrogens (tertiary/aromatic N) is 5. The zero-order valence-corrected chi connectivity index (χ0v) is 33.1. The van der Waals surface area contributed by atoms with Gasteiger partial charge in [-0.05, 0) is 49.2 Å². The summed E-state index contributed by atoms with van der Waals surface area (Å²) < 4.78 is 101. The first kappa shape index (κ1) is 43.3. The van der Waals surface area contributed by atoms with Crippen LogP contribution in [0.5, 0.6) is 0 Å². The van der Waals surface area contributed by atoms with Gasteiger partial charge in [-0.3, -0.25) is 9.18 Å². The Labute approximate surface area is 352 Å². The van der Waals surface area contributed by atoms with Crippen LogP contribution in [0.1, 0.15) is 44.6 Å². The molecule has 1 amide bonds. The molecule has 0 atom stereocenters. The molecule has 0 saturated heterocycles. The van der Waals surface area contributed by atoms with Gasteiger partial charge in [-0.15, -0.1) is 0 Å². The molecule has 2 aromatic heterocycles. The van der Waals surface area contributed by atoms with Gasteiger partial charge in [-0.2, -0.15) is 10.2 Å². The number of carbonyl (C=O) groups is 2. The van der Waals surface area contributed by atoms with Crippen LogP contribution < -0.4 is 10.2 Å². The topological polar surface area (TPSA) is 105 Å². The van der Waals surface area contributed by atoms with Crippen molar-refractivity contribution >= 4 is 69.7 Å². The van der Waals surface area contributed by atoms with Crippen molar-refractivity contribution in [2.75, 3.05) is 30.5 Å². The highest BCUT2D eigenvalue weighted by atomic mass is 35.5.